The van der Waals surface area contributed by atoms with Crippen molar-refractivity contribution in [3.63, 3.8) is 0 Å². The molecule has 1 aromatic rings. The van der Waals surface area contributed by atoms with Gasteiger partial charge in [0, 0.05) is 0 Å². The van der Waals surface area contributed by atoms with Crippen LogP contribution in [0.15, 0.2) is 18.2 Å². The standard InChI is InChI=1S/C12H18O2/c1-9(2)7-10-8-11(13-3)5-6-12(10)14-4/h5-6,8-9H,7H2,1-4H3. The minimum absolute atomic E-state index is 0.621. The first-order valence-corrected chi connectivity index (χ1v) is 4.88. The van der Waals surface area contributed by atoms with Gasteiger partial charge < -0.3 is 9.47 Å². The Hall–Kier alpha value is -1.18. The first-order chi connectivity index (χ1) is 6.67. The van der Waals surface area contributed by atoms with Gasteiger partial charge in [0.2, 0.25) is 0 Å². The molecule has 0 amide bonds. The van der Waals surface area contributed by atoms with Crippen LogP contribution >= 0.6 is 0 Å². The van der Waals surface area contributed by atoms with Crippen molar-refractivity contribution >= 4 is 0 Å². The smallest absolute Gasteiger partial charge is 0.122 e. The highest BCUT2D eigenvalue weighted by molar-refractivity contribution is 5.40. The van der Waals surface area contributed by atoms with E-state index in [0.29, 0.717) is 5.92 Å². The van der Waals surface area contributed by atoms with E-state index < -0.39 is 0 Å². The zero-order chi connectivity index (χ0) is 10.6. The largest absolute Gasteiger partial charge is 0.497 e. The maximum atomic E-state index is 5.29. The number of ether oxygens (including phenoxy) is 2. The van der Waals surface area contributed by atoms with Crippen LogP contribution in [-0.4, -0.2) is 14.2 Å². The number of methoxy groups -OCH3 is 2. The quantitative estimate of drug-likeness (QED) is 0.733. The number of hydrogen-bond acceptors (Lipinski definition) is 2. The van der Waals surface area contributed by atoms with Gasteiger partial charge in [-0.15, -0.1) is 0 Å². The SMILES string of the molecule is COc1ccc(OC)c(CC(C)C)c1. The summed E-state index contributed by atoms with van der Waals surface area (Å²) in [4.78, 5) is 0. The van der Waals surface area contributed by atoms with Crippen molar-refractivity contribution in [2.75, 3.05) is 14.2 Å². The number of benzene rings is 1. The third-order valence-electron chi connectivity index (χ3n) is 2.12. The molecule has 14 heavy (non-hydrogen) atoms. The van der Waals surface area contributed by atoms with E-state index in [9.17, 15) is 0 Å². The molecule has 0 aromatic heterocycles. The van der Waals surface area contributed by atoms with Gasteiger partial charge in [-0.05, 0) is 36.1 Å². The van der Waals surface area contributed by atoms with E-state index in [1.54, 1.807) is 14.2 Å². The minimum Gasteiger partial charge on any atom is -0.497 e. The maximum Gasteiger partial charge on any atom is 0.122 e. The number of rotatable bonds is 4. The minimum atomic E-state index is 0.621. The summed E-state index contributed by atoms with van der Waals surface area (Å²) >= 11 is 0. The van der Waals surface area contributed by atoms with Gasteiger partial charge in [0.05, 0.1) is 14.2 Å². The third-order valence-corrected chi connectivity index (χ3v) is 2.12. The van der Waals surface area contributed by atoms with Gasteiger partial charge in [0.15, 0.2) is 0 Å². The predicted molar refractivity (Wildman–Crippen MR) is 58.1 cm³/mol. The molecule has 0 bridgehead atoms. The second kappa shape index (κ2) is 4.89. The molecular formula is C12H18O2. The molecule has 0 N–H and O–H groups in total. The second-order valence-electron chi connectivity index (χ2n) is 3.78. The Morgan fingerprint density at radius 1 is 1.14 bits per heavy atom. The van der Waals surface area contributed by atoms with E-state index in [1.807, 2.05) is 18.2 Å². The molecular weight excluding hydrogens is 176 g/mol. The summed E-state index contributed by atoms with van der Waals surface area (Å²) in [6, 6.07) is 5.91. The van der Waals surface area contributed by atoms with Crippen molar-refractivity contribution < 1.29 is 9.47 Å². The Morgan fingerprint density at radius 3 is 2.36 bits per heavy atom. The van der Waals surface area contributed by atoms with Crippen molar-refractivity contribution in [1.82, 2.24) is 0 Å². The molecule has 0 fully saturated rings. The van der Waals surface area contributed by atoms with Crippen LogP contribution in [0.2, 0.25) is 0 Å². The monoisotopic (exact) mass is 194 g/mol. The molecule has 1 aromatic carbocycles. The Morgan fingerprint density at radius 2 is 1.86 bits per heavy atom. The van der Waals surface area contributed by atoms with Crippen molar-refractivity contribution in [1.29, 1.82) is 0 Å². The Balaban J connectivity index is 2.96. The van der Waals surface area contributed by atoms with E-state index in [-0.39, 0.29) is 0 Å². The summed E-state index contributed by atoms with van der Waals surface area (Å²) in [6.07, 6.45) is 1.01. The molecule has 0 saturated carbocycles. The molecule has 78 valence electrons. The highest BCUT2D eigenvalue weighted by Crippen LogP contribution is 2.25. The van der Waals surface area contributed by atoms with Crippen LogP contribution in [-0.2, 0) is 6.42 Å². The Labute approximate surface area is 85.8 Å². The summed E-state index contributed by atoms with van der Waals surface area (Å²) in [5.74, 6) is 2.46. The van der Waals surface area contributed by atoms with Gasteiger partial charge in [-0.25, -0.2) is 0 Å². The molecule has 0 radical (unpaired) electrons. The van der Waals surface area contributed by atoms with Gasteiger partial charge in [-0.2, -0.15) is 0 Å². The van der Waals surface area contributed by atoms with Gasteiger partial charge in [0.25, 0.3) is 0 Å². The molecule has 2 heteroatoms. The fourth-order valence-electron chi connectivity index (χ4n) is 1.48. The molecule has 0 saturated heterocycles. The van der Waals surface area contributed by atoms with Crippen LogP contribution in [0.3, 0.4) is 0 Å². The van der Waals surface area contributed by atoms with Crippen LogP contribution in [0, 0.1) is 5.92 Å². The molecule has 0 aliphatic heterocycles. The van der Waals surface area contributed by atoms with Gasteiger partial charge in [-0.1, -0.05) is 13.8 Å². The first kappa shape index (κ1) is 10.9. The van der Waals surface area contributed by atoms with Crippen LogP contribution in [0.1, 0.15) is 19.4 Å². The fraction of sp³-hybridized carbons (Fsp3) is 0.500. The third kappa shape index (κ3) is 2.66. The van der Waals surface area contributed by atoms with Gasteiger partial charge in [0.1, 0.15) is 11.5 Å². The summed E-state index contributed by atoms with van der Waals surface area (Å²) in [7, 11) is 3.38. The lowest BCUT2D eigenvalue weighted by Crippen LogP contribution is -1.98. The van der Waals surface area contributed by atoms with E-state index in [2.05, 4.69) is 13.8 Å². The molecule has 0 aliphatic rings. The molecule has 0 atom stereocenters. The van der Waals surface area contributed by atoms with Crippen LogP contribution in [0.25, 0.3) is 0 Å². The average Bonchev–Trinajstić information content (AvgIpc) is 2.16. The lowest BCUT2D eigenvalue weighted by atomic mass is 10.0. The molecule has 1 rings (SSSR count). The van der Waals surface area contributed by atoms with Crippen LogP contribution in [0.4, 0.5) is 0 Å². The first-order valence-electron chi connectivity index (χ1n) is 4.88. The summed E-state index contributed by atoms with van der Waals surface area (Å²) in [6.45, 7) is 4.39. The Bertz CT molecular complexity index is 292. The fourth-order valence-corrected chi connectivity index (χ4v) is 1.48. The summed E-state index contributed by atoms with van der Waals surface area (Å²) in [5.41, 5.74) is 1.21. The number of hydrogen-bond donors (Lipinski definition) is 0. The van der Waals surface area contributed by atoms with Crippen molar-refractivity contribution in [2.24, 2.45) is 5.92 Å². The normalized spacial score (nSPS) is 10.4. The summed E-state index contributed by atoms with van der Waals surface area (Å²) in [5, 5.41) is 0. The lowest BCUT2D eigenvalue weighted by Gasteiger charge is -2.11. The highest BCUT2D eigenvalue weighted by Gasteiger charge is 2.06. The Kier molecular flexibility index (Phi) is 3.81. The maximum absolute atomic E-state index is 5.29. The molecule has 0 aliphatic carbocycles. The van der Waals surface area contributed by atoms with Crippen molar-refractivity contribution in [3.8, 4) is 11.5 Å². The van der Waals surface area contributed by atoms with Crippen molar-refractivity contribution in [2.45, 2.75) is 20.3 Å². The molecule has 0 spiro atoms. The second-order valence-corrected chi connectivity index (χ2v) is 3.78. The van der Waals surface area contributed by atoms with Gasteiger partial charge in [-0.3, -0.25) is 0 Å². The van der Waals surface area contributed by atoms with Crippen LogP contribution in [0.5, 0.6) is 11.5 Å². The van der Waals surface area contributed by atoms with E-state index in [1.165, 1.54) is 5.56 Å². The van der Waals surface area contributed by atoms with E-state index >= 15 is 0 Å². The summed E-state index contributed by atoms with van der Waals surface area (Å²) < 4.78 is 10.5. The zero-order valence-electron chi connectivity index (χ0n) is 9.33. The van der Waals surface area contributed by atoms with Gasteiger partial charge >= 0.3 is 0 Å². The van der Waals surface area contributed by atoms with Crippen LogP contribution < -0.4 is 9.47 Å². The molecule has 2 nitrogen and oxygen atoms in total. The zero-order valence-corrected chi connectivity index (χ0v) is 9.33. The molecule has 0 heterocycles. The highest BCUT2D eigenvalue weighted by atomic mass is 16.5. The molecule has 0 unspecified atom stereocenters. The lowest BCUT2D eigenvalue weighted by molar-refractivity contribution is 0.396. The van der Waals surface area contributed by atoms with E-state index in [0.717, 1.165) is 17.9 Å². The van der Waals surface area contributed by atoms with E-state index in [4.69, 9.17) is 9.47 Å². The van der Waals surface area contributed by atoms with Crippen molar-refractivity contribution in [3.05, 3.63) is 23.8 Å². The topological polar surface area (TPSA) is 18.5 Å². The average molecular weight is 194 g/mol. The predicted octanol–water partition coefficient (Wildman–Crippen LogP) is 2.90.